The third-order valence-electron chi connectivity index (χ3n) is 2.61. The molecule has 2 atom stereocenters. The number of aliphatic imine (C=N–C) groups is 1. The van der Waals surface area contributed by atoms with E-state index >= 15 is 0 Å². The summed E-state index contributed by atoms with van der Waals surface area (Å²) in [6.07, 6.45) is 0. The number of nitrogens with zero attached hydrogens (tertiary/aromatic N) is 1. The van der Waals surface area contributed by atoms with E-state index in [4.69, 9.17) is 0 Å². The molecular formula is C12H23N3OS. The molecule has 1 amide bonds. The van der Waals surface area contributed by atoms with Gasteiger partial charge in [0, 0.05) is 11.8 Å². The first-order chi connectivity index (χ1) is 7.90. The molecule has 2 N–H and O–H groups in total. The van der Waals surface area contributed by atoms with Crippen molar-refractivity contribution in [1.29, 1.82) is 0 Å². The van der Waals surface area contributed by atoms with Crippen molar-refractivity contribution in [3.8, 4) is 0 Å². The molecule has 0 saturated heterocycles. The Labute approximate surface area is 108 Å². The molecule has 1 heterocycles. The van der Waals surface area contributed by atoms with E-state index in [1.165, 1.54) is 0 Å². The lowest BCUT2D eigenvalue weighted by atomic mass is 10.1. The van der Waals surface area contributed by atoms with Crippen LogP contribution in [-0.2, 0) is 4.79 Å². The maximum absolute atomic E-state index is 11.7. The summed E-state index contributed by atoms with van der Waals surface area (Å²) < 4.78 is 0. The lowest BCUT2D eigenvalue weighted by Gasteiger charge is -2.16. The third kappa shape index (κ3) is 4.58. The highest BCUT2D eigenvalue weighted by Crippen LogP contribution is 2.22. The molecule has 0 radical (unpaired) electrons. The zero-order valence-electron chi connectivity index (χ0n) is 11.3. The number of hydrogen-bond donors (Lipinski definition) is 2. The van der Waals surface area contributed by atoms with Crippen LogP contribution >= 0.6 is 11.8 Å². The largest absolute Gasteiger partial charge is 0.353 e. The van der Waals surface area contributed by atoms with E-state index in [0.29, 0.717) is 12.0 Å². The molecule has 17 heavy (non-hydrogen) atoms. The van der Waals surface area contributed by atoms with Gasteiger partial charge < -0.3 is 10.6 Å². The van der Waals surface area contributed by atoms with Gasteiger partial charge in [0.25, 0.3) is 0 Å². The molecule has 0 aliphatic carbocycles. The normalized spacial score (nSPS) is 21.6. The van der Waals surface area contributed by atoms with Gasteiger partial charge in [0.15, 0.2) is 5.17 Å². The van der Waals surface area contributed by atoms with Crippen LogP contribution in [0.15, 0.2) is 4.99 Å². The average Bonchev–Trinajstić information content (AvgIpc) is 2.65. The topological polar surface area (TPSA) is 53.5 Å². The molecule has 0 aromatic carbocycles. The summed E-state index contributed by atoms with van der Waals surface area (Å²) >= 11 is 1.70. The fraction of sp³-hybridized carbons (Fsp3) is 0.833. The number of carbonyl (C=O) groups excluding carboxylic acids is 1. The van der Waals surface area contributed by atoms with Gasteiger partial charge in [-0.3, -0.25) is 9.79 Å². The van der Waals surface area contributed by atoms with Crippen LogP contribution in [0.25, 0.3) is 0 Å². The van der Waals surface area contributed by atoms with Gasteiger partial charge in [0.05, 0.1) is 6.04 Å². The number of carbonyl (C=O) groups is 1. The molecule has 0 aromatic heterocycles. The molecule has 1 unspecified atom stereocenters. The Kier molecular flexibility index (Phi) is 5.31. The SMILES string of the molecule is CC(C)NC(=O)C(C)NC1=N[C@@H](C(C)C)CS1. The number of amides is 1. The zero-order valence-corrected chi connectivity index (χ0v) is 12.1. The highest BCUT2D eigenvalue weighted by molar-refractivity contribution is 8.14. The van der Waals surface area contributed by atoms with Crippen molar-refractivity contribution in [2.45, 2.75) is 52.7 Å². The summed E-state index contributed by atoms with van der Waals surface area (Å²) in [5.41, 5.74) is 0. The summed E-state index contributed by atoms with van der Waals surface area (Å²) in [7, 11) is 0. The average molecular weight is 257 g/mol. The fourth-order valence-corrected chi connectivity index (χ4v) is 2.73. The molecule has 0 fully saturated rings. The smallest absolute Gasteiger partial charge is 0.242 e. The Hall–Kier alpha value is -0.710. The number of hydrogen-bond acceptors (Lipinski definition) is 4. The first-order valence-corrected chi connectivity index (χ1v) is 7.16. The van der Waals surface area contributed by atoms with E-state index in [2.05, 4.69) is 29.5 Å². The van der Waals surface area contributed by atoms with Crippen molar-refractivity contribution in [2.75, 3.05) is 5.75 Å². The van der Waals surface area contributed by atoms with E-state index in [1.807, 2.05) is 20.8 Å². The van der Waals surface area contributed by atoms with Gasteiger partial charge in [-0.1, -0.05) is 25.6 Å². The predicted octanol–water partition coefficient (Wildman–Crippen LogP) is 1.62. The van der Waals surface area contributed by atoms with Crippen LogP contribution in [0.1, 0.15) is 34.6 Å². The number of rotatable bonds is 4. The quantitative estimate of drug-likeness (QED) is 0.804. The molecule has 1 aliphatic rings. The molecule has 0 bridgehead atoms. The van der Waals surface area contributed by atoms with Crippen molar-refractivity contribution in [3.05, 3.63) is 0 Å². The van der Waals surface area contributed by atoms with Crippen LogP contribution in [0.3, 0.4) is 0 Å². The van der Waals surface area contributed by atoms with Crippen molar-refractivity contribution >= 4 is 22.8 Å². The monoisotopic (exact) mass is 257 g/mol. The van der Waals surface area contributed by atoms with Crippen LogP contribution in [0.2, 0.25) is 0 Å². The predicted molar refractivity (Wildman–Crippen MR) is 74.4 cm³/mol. The van der Waals surface area contributed by atoms with Gasteiger partial charge in [-0.15, -0.1) is 0 Å². The highest BCUT2D eigenvalue weighted by Gasteiger charge is 2.23. The van der Waals surface area contributed by atoms with E-state index in [9.17, 15) is 4.79 Å². The summed E-state index contributed by atoms with van der Waals surface area (Å²) in [4.78, 5) is 16.3. The fourth-order valence-electron chi connectivity index (χ4n) is 1.47. The minimum atomic E-state index is -0.227. The molecule has 0 aromatic rings. The van der Waals surface area contributed by atoms with Gasteiger partial charge in [-0.25, -0.2) is 0 Å². The lowest BCUT2D eigenvalue weighted by Crippen LogP contribution is -2.45. The summed E-state index contributed by atoms with van der Waals surface area (Å²) in [5, 5.41) is 6.95. The Balaban J connectivity index is 2.44. The second-order valence-electron chi connectivity index (χ2n) is 5.09. The van der Waals surface area contributed by atoms with Crippen LogP contribution in [0.5, 0.6) is 0 Å². The zero-order chi connectivity index (χ0) is 13.0. The minimum Gasteiger partial charge on any atom is -0.353 e. The van der Waals surface area contributed by atoms with E-state index in [1.54, 1.807) is 11.8 Å². The molecule has 98 valence electrons. The van der Waals surface area contributed by atoms with Crippen molar-refractivity contribution in [1.82, 2.24) is 10.6 Å². The van der Waals surface area contributed by atoms with Gasteiger partial charge in [-0.2, -0.15) is 0 Å². The summed E-state index contributed by atoms with van der Waals surface area (Å²) in [6.45, 7) is 10.1. The Bertz CT molecular complexity index is 302. The van der Waals surface area contributed by atoms with E-state index in [-0.39, 0.29) is 18.0 Å². The highest BCUT2D eigenvalue weighted by atomic mass is 32.2. The second kappa shape index (κ2) is 6.28. The molecule has 0 spiro atoms. The maximum Gasteiger partial charge on any atom is 0.242 e. The van der Waals surface area contributed by atoms with Crippen LogP contribution in [0.4, 0.5) is 0 Å². The van der Waals surface area contributed by atoms with Crippen molar-refractivity contribution in [2.24, 2.45) is 10.9 Å². The molecule has 4 nitrogen and oxygen atoms in total. The first kappa shape index (κ1) is 14.4. The van der Waals surface area contributed by atoms with Crippen molar-refractivity contribution < 1.29 is 4.79 Å². The number of nitrogens with one attached hydrogen (secondary N) is 2. The molecule has 0 saturated carbocycles. The van der Waals surface area contributed by atoms with Gasteiger partial charge in [0.1, 0.15) is 6.04 Å². The standard InChI is InChI=1S/C12H23N3OS/c1-7(2)10-6-17-12(15-10)14-9(5)11(16)13-8(3)4/h7-10H,6H2,1-5H3,(H,13,16)(H,14,15)/t9?,10-/m1/s1. The molecular weight excluding hydrogens is 234 g/mol. The van der Waals surface area contributed by atoms with Gasteiger partial charge in [-0.05, 0) is 26.7 Å². The van der Waals surface area contributed by atoms with Gasteiger partial charge in [0.2, 0.25) is 5.91 Å². The molecule has 1 rings (SSSR count). The maximum atomic E-state index is 11.7. The van der Waals surface area contributed by atoms with Gasteiger partial charge >= 0.3 is 0 Å². The molecule has 5 heteroatoms. The molecule has 1 aliphatic heterocycles. The second-order valence-corrected chi connectivity index (χ2v) is 6.09. The summed E-state index contributed by atoms with van der Waals surface area (Å²) in [6, 6.07) is 0.325. The minimum absolute atomic E-state index is 0.0243. The Morgan fingerprint density at radius 3 is 2.47 bits per heavy atom. The summed E-state index contributed by atoms with van der Waals surface area (Å²) in [5.74, 6) is 1.59. The van der Waals surface area contributed by atoms with Crippen LogP contribution in [-0.4, -0.2) is 35.0 Å². The Morgan fingerprint density at radius 1 is 1.35 bits per heavy atom. The third-order valence-corrected chi connectivity index (χ3v) is 3.61. The number of thioether (sulfide) groups is 1. The number of amidine groups is 1. The van der Waals surface area contributed by atoms with Crippen LogP contribution < -0.4 is 10.6 Å². The van der Waals surface area contributed by atoms with Crippen LogP contribution in [0, 0.1) is 5.92 Å². The lowest BCUT2D eigenvalue weighted by molar-refractivity contribution is -0.122. The Morgan fingerprint density at radius 2 is 2.00 bits per heavy atom. The van der Waals surface area contributed by atoms with Crippen molar-refractivity contribution in [3.63, 3.8) is 0 Å². The van der Waals surface area contributed by atoms with E-state index in [0.717, 1.165) is 10.9 Å². The first-order valence-electron chi connectivity index (χ1n) is 6.17. The van der Waals surface area contributed by atoms with E-state index < -0.39 is 0 Å².